The molecule has 3 heterocycles. The van der Waals surface area contributed by atoms with Crippen LogP contribution in [0.15, 0.2) is 38.4 Å². The Labute approximate surface area is 155 Å². The van der Waals surface area contributed by atoms with E-state index in [0.29, 0.717) is 5.02 Å². The largest absolute Gasteiger partial charge is 0.351 e. The number of hydrogen-bond donors (Lipinski definition) is 1. The quantitative estimate of drug-likeness (QED) is 0.714. The Hall–Kier alpha value is -1.37. The zero-order valence-corrected chi connectivity index (χ0v) is 16.0. The SMILES string of the molecule is CC1=CN2C(=NC1C)C(N1CCNCC1)=Nc1c(Cl)cc(Br)cc12. The van der Waals surface area contributed by atoms with Gasteiger partial charge < -0.3 is 10.2 Å². The molecule has 3 aliphatic heterocycles. The normalized spacial score (nSPS) is 23.2. The maximum absolute atomic E-state index is 6.49. The highest BCUT2D eigenvalue weighted by Crippen LogP contribution is 2.43. The van der Waals surface area contributed by atoms with Gasteiger partial charge in [-0.25, -0.2) is 4.99 Å². The summed E-state index contributed by atoms with van der Waals surface area (Å²) in [5, 5.41) is 4.03. The number of aliphatic imine (C=N–C) groups is 2. The summed E-state index contributed by atoms with van der Waals surface area (Å²) in [5.74, 6) is 1.83. The van der Waals surface area contributed by atoms with Crippen molar-refractivity contribution in [3.63, 3.8) is 0 Å². The number of hydrogen-bond acceptors (Lipinski definition) is 5. The minimum Gasteiger partial charge on any atom is -0.351 e. The third kappa shape index (κ3) is 2.66. The molecule has 0 bridgehead atoms. The molecule has 126 valence electrons. The molecule has 1 atom stereocenters. The Kier molecular flexibility index (Phi) is 4.14. The van der Waals surface area contributed by atoms with Crippen LogP contribution in [0.2, 0.25) is 5.02 Å². The zero-order chi connectivity index (χ0) is 16.8. The van der Waals surface area contributed by atoms with Gasteiger partial charge in [-0.2, -0.15) is 0 Å². The van der Waals surface area contributed by atoms with Crippen LogP contribution in [-0.4, -0.2) is 48.8 Å². The number of anilines is 1. The molecule has 0 amide bonds. The van der Waals surface area contributed by atoms with Crippen molar-refractivity contribution in [2.45, 2.75) is 19.9 Å². The highest BCUT2D eigenvalue weighted by atomic mass is 79.9. The molecule has 1 saturated heterocycles. The number of halogens is 2. The Morgan fingerprint density at radius 2 is 2.00 bits per heavy atom. The summed E-state index contributed by atoms with van der Waals surface area (Å²) < 4.78 is 0.941. The molecular weight excluding hydrogens is 390 g/mol. The summed E-state index contributed by atoms with van der Waals surface area (Å²) in [6.07, 6.45) is 2.16. The van der Waals surface area contributed by atoms with Gasteiger partial charge in [0.05, 0.1) is 16.8 Å². The Balaban J connectivity index is 1.89. The summed E-state index contributed by atoms with van der Waals surface area (Å²) in [4.78, 5) is 14.3. The van der Waals surface area contributed by atoms with Crippen molar-refractivity contribution in [1.82, 2.24) is 10.2 Å². The van der Waals surface area contributed by atoms with Crippen LogP contribution in [0, 0.1) is 0 Å². The first kappa shape index (κ1) is 16.1. The smallest absolute Gasteiger partial charge is 0.176 e. The number of fused-ring (bicyclic) bond motifs is 3. The third-order valence-electron chi connectivity index (χ3n) is 4.64. The molecule has 1 aromatic rings. The number of nitrogens with one attached hydrogen (secondary N) is 1. The van der Waals surface area contributed by atoms with E-state index in [1.165, 1.54) is 5.57 Å². The number of benzene rings is 1. The predicted octanol–water partition coefficient (Wildman–Crippen LogP) is 3.56. The number of rotatable bonds is 0. The second-order valence-corrected chi connectivity index (χ2v) is 7.62. The molecule has 7 heteroatoms. The first-order valence-electron chi connectivity index (χ1n) is 8.13. The second-order valence-electron chi connectivity index (χ2n) is 6.30. The van der Waals surface area contributed by atoms with Crippen molar-refractivity contribution in [2.75, 3.05) is 31.1 Å². The van der Waals surface area contributed by atoms with E-state index >= 15 is 0 Å². The fourth-order valence-corrected chi connectivity index (χ4v) is 3.99. The summed E-state index contributed by atoms with van der Waals surface area (Å²) >= 11 is 10.0. The molecule has 0 spiro atoms. The van der Waals surface area contributed by atoms with Gasteiger partial charge in [-0.05, 0) is 31.6 Å². The monoisotopic (exact) mass is 407 g/mol. The predicted molar refractivity (Wildman–Crippen MR) is 104 cm³/mol. The standard InChI is InChI=1S/C17H19BrClN5/c1-10-9-24-14-8-12(18)7-13(19)15(14)22-16(17(24)21-11(10)2)23-5-3-20-4-6-23/h7-9,11,20H,3-6H2,1-2H3. The fourth-order valence-electron chi connectivity index (χ4n) is 3.16. The Morgan fingerprint density at radius 1 is 1.25 bits per heavy atom. The van der Waals surface area contributed by atoms with E-state index in [1.807, 2.05) is 6.07 Å². The molecule has 0 aliphatic carbocycles. The average Bonchev–Trinajstić information content (AvgIpc) is 2.56. The summed E-state index contributed by atoms with van der Waals surface area (Å²) in [6, 6.07) is 4.10. The molecule has 5 nitrogen and oxygen atoms in total. The molecule has 1 unspecified atom stereocenters. The minimum atomic E-state index is 0.161. The maximum Gasteiger partial charge on any atom is 0.176 e. The average molecular weight is 409 g/mol. The second kappa shape index (κ2) is 6.17. The molecule has 1 N–H and O–H groups in total. The van der Waals surface area contributed by atoms with E-state index in [2.05, 4.69) is 57.2 Å². The molecular formula is C17H19BrClN5. The lowest BCUT2D eigenvalue weighted by atomic mass is 10.1. The van der Waals surface area contributed by atoms with Crippen molar-refractivity contribution in [2.24, 2.45) is 9.98 Å². The van der Waals surface area contributed by atoms with Crippen LogP contribution < -0.4 is 10.2 Å². The first-order valence-corrected chi connectivity index (χ1v) is 9.31. The van der Waals surface area contributed by atoms with Crippen LogP contribution in [0.3, 0.4) is 0 Å². The fraction of sp³-hybridized carbons (Fsp3) is 0.412. The van der Waals surface area contributed by atoms with E-state index in [1.54, 1.807) is 0 Å². The van der Waals surface area contributed by atoms with Gasteiger partial charge in [0, 0.05) is 36.9 Å². The van der Waals surface area contributed by atoms with Crippen LogP contribution in [-0.2, 0) is 0 Å². The van der Waals surface area contributed by atoms with Gasteiger partial charge >= 0.3 is 0 Å². The van der Waals surface area contributed by atoms with E-state index in [4.69, 9.17) is 21.6 Å². The molecule has 0 saturated carbocycles. The van der Waals surface area contributed by atoms with Gasteiger partial charge in [-0.1, -0.05) is 27.5 Å². The van der Waals surface area contributed by atoms with E-state index in [0.717, 1.165) is 53.7 Å². The van der Waals surface area contributed by atoms with Gasteiger partial charge in [-0.3, -0.25) is 9.89 Å². The third-order valence-corrected chi connectivity index (χ3v) is 5.38. The lowest BCUT2D eigenvalue weighted by Gasteiger charge is -2.39. The number of amidine groups is 2. The van der Waals surface area contributed by atoms with Gasteiger partial charge in [0.2, 0.25) is 0 Å². The molecule has 24 heavy (non-hydrogen) atoms. The van der Waals surface area contributed by atoms with Crippen LogP contribution in [0.4, 0.5) is 11.4 Å². The number of nitrogens with zero attached hydrogens (tertiary/aromatic N) is 4. The summed E-state index contributed by atoms with van der Waals surface area (Å²) in [5.41, 5.74) is 3.01. The molecule has 4 rings (SSSR count). The van der Waals surface area contributed by atoms with Crippen molar-refractivity contribution in [1.29, 1.82) is 0 Å². The summed E-state index contributed by atoms with van der Waals surface area (Å²) in [7, 11) is 0. The molecule has 3 aliphatic rings. The minimum absolute atomic E-state index is 0.161. The van der Waals surface area contributed by atoms with E-state index in [9.17, 15) is 0 Å². The first-order chi connectivity index (χ1) is 11.5. The highest BCUT2D eigenvalue weighted by molar-refractivity contribution is 9.10. The van der Waals surface area contributed by atoms with Gasteiger partial charge in [-0.15, -0.1) is 0 Å². The van der Waals surface area contributed by atoms with Crippen molar-refractivity contribution < 1.29 is 0 Å². The van der Waals surface area contributed by atoms with Crippen molar-refractivity contribution in [3.05, 3.63) is 33.4 Å². The number of piperazine rings is 1. The zero-order valence-electron chi connectivity index (χ0n) is 13.7. The highest BCUT2D eigenvalue weighted by Gasteiger charge is 2.33. The van der Waals surface area contributed by atoms with Crippen molar-refractivity contribution in [3.8, 4) is 0 Å². The van der Waals surface area contributed by atoms with E-state index in [-0.39, 0.29) is 6.04 Å². The van der Waals surface area contributed by atoms with Crippen LogP contribution in [0.1, 0.15) is 13.8 Å². The van der Waals surface area contributed by atoms with Crippen LogP contribution in [0.25, 0.3) is 0 Å². The van der Waals surface area contributed by atoms with Gasteiger partial charge in [0.25, 0.3) is 0 Å². The molecule has 0 radical (unpaired) electrons. The lowest BCUT2D eigenvalue weighted by molar-refractivity contribution is 0.360. The van der Waals surface area contributed by atoms with E-state index < -0.39 is 0 Å². The van der Waals surface area contributed by atoms with Crippen molar-refractivity contribution >= 4 is 50.6 Å². The maximum atomic E-state index is 6.49. The Bertz CT molecular complexity index is 779. The van der Waals surface area contributed by atoms with Gasteiger partial charge in [0.15, 0.2) is 11.7 Å². The molecule has 1 fully saturated rings. The molecule has 1 aromatic carbocycles. The Morgan fingerprint density at radius 3 is 2.75 bits per heavy atom. The molecule has 0 aromatic heterocycles. The summed E-state index contributed by atoms with van der Waals surface area (Å²) in [6.45, 7) is 7.99. The van der Waals surface area contributed by atoms with Crippen LogP contribution >= 0.6 is 27.5 Å². The van der Waals surface area contributed by atoms with Gasteiger partial charge in [0.1, 0.15) is 5.69 Å². The lowest BCUT2D eigenvalue weighted by Crippen LogP contribution is -2.53. The topological polar surface area (TPSA) is 43.2 Å². The van der Waals surface area contributed by atoms with Crippen LogP contribution in [0.5, 0.6) is 0 Å².